The Kier molecular flexibility index (Phi) is 9.17. The van der Waals surface area contributed by atoms with Gasteiger partial charge in [0, 0.05) is 17.7 Å². The van der Waals surface area contributed by atoms with E-state index in [1.165, 1.54) is 0 Å². The first-order chi connectivity index (χ1) is 17.3. The predicted octanol–water partition coefficient (Wildman–Crippen LogP) is 4.06. The van der Waals surface area contributed by atoms with Gasteiger partial charge in [-0.05, 0) is 31.2 Å². The second kappa shape index (κ2) is 12.3. The molecule has 1 heterocycles. The first kappa shape index (κ1) is 26.9. The summed E-state index contributed by atoms with van der Waals surface area (Å²) in [6, 6.07) is 17.3. The number of fused-ring (bicyclic) bond motifs is 1. The van der Waals surface area contributed by atoms with Crippen molar-refractivity contribution in [1.29, 1.82) is 0 Å². The van der Waals surface area contributed by atoms with Crippen LogP contribution < -0.4 is 16.0 Å². The van der Waals surface area contributed by atoms with E-state index in [1.54, 1.807) is 11.0 Å². The van der Waals surface area contributed by atoms with Crippen LogP contribution in [0.4, 0.5) is 5.69 Å². The zero-order valence-corrected chi connectivity index (χ0v) is 21.3. The van der Waals surface area contributed by atoms with Crippen molar-refractivity contribution in [2.45, 2.75) is 46.2 Å². The molecule has 3 rings (SSSR count). The number of carbonyl (C=O) groups is 3. The van der Waals surface area contributed by atoms with Crippen LogP contribution in [0.2, 0.25) is 0 Å². The molecule has 1 aliphatic heterocycles. The van der Waals surface area contributed by atoms with Crippen LogP contribution in [0, 0.1) is 17.8 Å². The van der Waals surface area contributed by atoms with Crippen molar-refractivity contribution in [2.75, 3.05) is 11.4 Å². The van der Waals surface area contributed by atoms with Crippen molar-refractivity contribution >= 4 is 29.1 Å². The fourth-order valence-corrected chi connectivity index (χ4v) is 4.67. The number of para-hydroxylation sites is 1. The number of anilines is 1. The number of nitrogens with zero attached hydrogens (tertiary/aromatic N) is 2. The van der Waals surface area contributed by atoms with Gasteiger partial charge in [0.25, 0.3) is 5.91 Å². The third-order valence-electron chi connectivity index (χ3n) is 6.32. The summed E-state index contributed by atoms with van der Waals surface area (Å²) >= 11 is 0. The average molecular weight is 489 g/mol. The van der Waals surface area contributed by atoms with Gasteiger partial charge >= 0.3 is 0 Å². The molecule has 3 atom stereocenters. The first-order valence-corrected chi connectivity index (χ1v) is 12.5. The highest BCUT2D eigenvalue weighted by molar-refractivity contribution is 6.20. The van der Waals surface area contributed by atoms with Crippen LogP contribution in [-0.2, 0) is 14.4 Å². The number of rotatable bonds is 11. The Morgan fingerprint density at radius 3 is 2.39 bits per heavy atom. The second-order valence-electron chi connectivity index (χ2n) is 9.53. The monoisotopic (exact) mass is 488 g/mol. The largest absolute Gasteiger partial charge is 0.369 e. The highest BCUT2D eigenvalue weighted by atomic mass is 16.2. The van der Waals surface area contributed by atoms with Crippen molar-refractivity contribution in [2.24, 2.45) is 28.5 Å². The number of nitrogens with one attached hydrogen (secondary N) is 1. The van der Waals surface area contributed by atoms with Gasteiger partial charge in [-0.1, -0.05) is 75.4 Å². The predicted molar refractivity (Wildman–Crippen MR) is 144 cm³/mol. The van der Waals surface area contributed by atoms with Crippen LogP contribution in [0.5, 0.6) is 0 Å². The Morgan fingerprint density at radius 1 is 1.11 bits per heavy atom. The van der Waals surface area contributed by atoms with E-state index in [1.807, 2.05) is 75.4 Å². The van der Waals surface area contributed by atoms with Gasteiger partial charge in [-0.15, -0.1) is 6.58 Å². The maximum Gasteiger partial charge on any atom is 0.272 e. The number of benzodiazepines with no additional fused rings is 1. The highest BCUT2D eigenvalue weighted by Gasteiger charge is 2.37. The normalized spacial score (nSPS) is 17.0. The van der Waals surface area contributed by atoms with Gasteiger partial charge in [-0.2, -0.15) is 0 Å². The Balaban J connectivity index is 2.08. The maximum absolute atomic E-state index is 13.8. The van der Waals surface area contributed by atoms with Crippen LogP contribution in [0.1, 0.15) is 51.2 Å². The molecule has 7 heteroatoms. The first-order valence-electron chi connectivity index (χ1n) is 12.5. The quantitative estimate of drug-likeness (QED) is 0.466. The maximum atomic E-state index is 13.8. The molecule has 2 aromatic rings. The number of amides is 3. The van der Waals surface area contributed by atoms with Crippen LogP contribution >= 0.6 is 0 Å². The minimum absolute atomic E-state index is 0.140. The Labute approximate surface area is 213 Å². The molecule has 0 spiro atoms. The van der Waals surface area contributed by atoms with Crippen molar-refractivity contribution in [3.8, 4) is 0 Å². The van der Waals surface area contributed by atoms with Gasteiger partial charge < -0.3 is 16.0 Å². The van der Waals surface area contributed by atoms with Gasteiger partial charge in [0.05, 0.1) is 23.2 Å². The summed E-state index contributed by atoms with van der Waals surface area (Å²) in [4.78, 5) is 46.1. The fraction of sp³-hybridized carbons (Fsp3) is 0.379. The summed E-state index contributed by atoms with van der Waals surface area (Å²) < 4.78 is 0. The SMILES string of the molecule is C=CCC(C(N)=O)C(CC(C)C)C(=O)N[C@H]1N=C(c2ccccc2)c2ccccc2N(CCC)C1=O. The summed E-state index contributed by atoms with van der Waals surface area (Å²) in [7, 11) is 0. The molecule has 0 fully saturated rings. The average Bonchev–Trinajstić information content (AvgIpc) is 2.97. The Morgan fingerprint density at radius 2 is 1.78 bits per heavy atom. The summed E-state index contributed by atoms with van der Waals surface area (Å²) in [5.41, 5.74) is 8.72. The van der Waals surface area contributed by atoms with Crippen molar-refractivity contribution in [3.63, 3.8) is 0 Å². The van der Waals surface area contributed by atoms with Crippen LogP contribution in [0.15, 0.2) is 72.2 Å². The molecule has 0 saturated heterocycles. The van der Waals surface area contributed by atoms with E-state index in [2.05, 4.69) is 11.9 Å². The van der Waals surface area contributed by atoms with Gasteiger partial charge in [0.2, 0.25) is 18.0 Å². The lowest BCUT2D eigenvalue weighted by molar-refractivity contribution is -0.135. The van der Waals surface area contributed by atoms with E-state index in [9.17, 15) is 14.4 Å². The minimum atomic E-state index is -1.14. The van der Waals surface area contributed by atoms with Gasteiger partial charge in [0.15, 0.2) is 0 Å². The number of primary amides is 1. The van der Waals surface area contributed by atoms with Crippen LogP contribution in [-0.4, -0.2) is 36.1 Å². The molecule has 0 aromatic heterocycles. The van der Waals surface area contributed by atoms with Crippen LogP contribution in [0.3, 0.4) is 0 Å². The molecule has 7 nitrogen and oxygen atoms in total. The number of aliphatic imine (C=N–C) groups is 1. The topological polar surface area (TPSA) is 105 Å². The lowest BCUT2D eigenvalue weighted by atomic mass is 9.82. The second-order valence-corrected chi connectivity index (χ2v) is 9.53. The van der Waals surface area contributed by atoms with E-state index < -0.39 is 29.8 Å². The molecule has 1 aliphatic rings. The van der Waals surface area contributed by atoms with Gasteiger partial charge in [-0.3, -0.25) is 14.4 Å². The lowest BCUT2D eigenvalue weighted by Crippen LogP contribution is -2.51. The highest BCUT2D eigenvalue weighted by Crippen LogP contribution is 2.29. The van der Waals surface area contributed by atoms with Gasteiger partial charge in [-0.25, -0.2) is 4.99 Å². The van der Waals surface area contributed by atoms with E-state index in [-0.39, 0.29) is 18.2 Å². The third-order valence-corrected chi connectivity index (χ3v) is 6.32. The van der Waals surface area contributed by atoms with Gasteiger partial charge in [0.1, 0.15) is 0 Å². The zero-order chi connectivity index (χ0) is 26.2. The summed E-state index contributed by atoms with van der Waals surface area (Å²) in [5.74, 6) is -2.56. The molecule has 2 unspecified atom stereocenters. The van der Waals surface area contributed by atoms with E-state index >= 15 is 0 Å². The number of carbonyl (C=O) groups excluding carboxylic acids is 3. The summed E-state index contributed by atoms with van der Waals surface area (Å²) in [6.07, 6.45) is 1.92. The fourth-order valence-electron chi connectivity index (χ4n) is 4.67. The molecule has 0 aliphatic carbocycles. The molecular weight excluding hydrogens is 452 g/mol. The zero-order valence-electron chi connectivity index (χ0n) is 21.3. The number of hydrogen-bond acceptors (Lipinski definition) is 4. The number of allylic oxidation sites excluding steroid dienone is 1. The Bertz CT molecular complexity index is 1130. The molecular formula is C29H36N4O3. The smallest absolute Gasteiger partial charge is 0.272 e. The van der Waals surface area contributed by atoms with Crippen LogP contribution in [0.25, 0.3) is 0 Å². The van der Waals surface area contributed by atoms with Crippen molar-refractivity contribution in [1.82, 2.24) is 5.32 Å². The van der Waals surface area contributed by atoms with Crippen molar-refractivity contribution in [3.05, 3.63) is 78.4 Å². The molecule has 190 valence electrons. The van der Waals surface area contributed by atoms with E-state index in [0.29, 0.717) is 18.7 Å². The number of hydrogen-bond donors (Lipinski definition) is 2. The third kappa shape index (κ3) is 6.08. The number of nitrogens with two attached hydrogens (primary N) is 1. The van der Waals surface area contributed by atoms with Crippen molar-refractivity contribution < 1.29 is 14.4 Å². The lowest BCUT2D eigenvalue weighted by Gasteiger charge is -2.28. The molecule has 0 saturated carbocycles. The summed E-state index contributed by atoms with van der Waals surface area (Å²) in [5, 5.41) is 2.87. The van der Waals surface area contributed by atoms with E-state index in [0.717, 1.165) is 23.2 Å². The molecule has 36 heavy (non-hydrogen) atoms. The summed E-state index contributed by atoms with van der Waals surface area (Å²) in [6.45, 7) is 10.2. The Hall–Kier alpha value is -3.74. The molecule has 0 radical (unpaired) electrons. The molecule has 0 bridgehead atoms. The molecule has 3 amide bonds. The van der Waals surface area contributed by atoms with E-state index in [4.69, 9.17) is 10.7 Å². The minimum Gasteiger partial charge on any atom is -0.369 e. The molecule has 3 N–H and O–H groups in total. The molecule has 2 aromatic carbocycles. The number of benzene rings is 2. The standard InChI is InChI=1S/C29H36N4O3/c1-5-12-21(26(30)34)23(18-19(3)4)28(35)32-27-29(36)33(17-6-2)24-16-11-10-15-22(24)25(31-27)20-13-8-7-9-14-20/h5,7-11,13-16,19,21,23,27H,1,6,12,17-18H2,2-4H3,(H2,30,34)(H,32,35)/t21?,23?,27-/m1/s1.